The second kappa shape index (κ2) is 9.72. The minimum atomic E-state index is -0.123. The number of benzene rings is 1. The summed E-state index contributed by atoms with van der Waals surface area (Å²) in [6.45, 7) is 1.86. The van der Waals surface area contributed by atoms with Gasteiger partial charge in [-0.3, -0.25) is 9.59 Å². The SMILES string of the molecule is CN(CCCNC(=O)CCNC(=O)c1cccs1)c1ccccc1. The Balaban J connectivity index is 1.54. The summed E-state index contributed by atoms with van der Waals surface area (Å²) in [7, 11) is 2.04. The lowest BCUT2D eigenvalue weighted by Gasteiger charge is -2.19. The van der Waals surface area contributed by atoms with Crippen LogP contribution in [0.25, 0.3) is 0 Å². The highest BCUT2D eigenvalue weighted by molar-refractivity contribution is 7.12. The van der Waals surface area contributed by atoms with Gasteiger partial charge in [0, 0.05) is 38.8 Å². The Kier molecular flexibility index (Phi) is 7.29. The molecule has 0 spiro atoms. The van der Waals surface area contributed by atoms with Crippen LogP contribution in [0, 0.1) is 0 Å². The van der Waals surface area contributed by atoms with Crippen LogP contribution in [0.2, 0.25) is 0 Å². The summed E-state index contributed by atoms with van der Waals surface area (Å²) < 4.78 is 0. The van der Waals surface area contributed by atoms with Crippen molar-refractivity contribution < 1.29 is 9.59 Å². The van der Waals surface area contributed by atoms with E-state index in [9.17, 15) is 9.59 Å². The lowest BCUT2D eigenvalue weighted by atomic mass is 10.3. The van der Waals surface area contributed by atoms with Gasteiger partial charge < -0.3 is 15.5 Å². The van der Waals surface area contributed by atoms with Gasteiger partial charge in [-0.2, -0.15) is 0 Å². The van der Waals surface area contributed by atoms with Gasteiger partial charge in [-0.25, -0.2) is 0 Å². The third-order valence-electron chi connectivity index (χ3n) is 3.57. The van der Waals surface area contributed by atoms with Gasteiger partial charge in [0.25, 0.3) is 5.91 Å². The summed E-state index contributed by atoms with van der Waals surface area (Å²) in [5.74, 6) is -0.161. The number of thiophene rings is 1. The number of hydrogen-bond donors (Lipinski definition) is 2. The fourth-order valence-electron chi connectivity index (χ4n) is 2.23. The van der Waals surface area contributed by atoms with Gasteiger partial charge in [-0.1, -0.05) is 24.3 Å². The monoisotopic (exact) mass is 345 g/mol. The van der Waals surface area contributed by atoms with E-state index in [1.807, 2.05) is 36.7 Å². The van der Waals surface area contributed by atoms with Crippen molar-refractivity contribution in [3.05, 3.63) is 52.7 Å². The first-order valence-corrected chi connectivity index (χ1v) is 8.89. The molecule has 1 heterocycles. The van der Waals surface area contributed by atoms with E-state index in [2.05, 4.69) is 27.7 Å². The second-order valence-corrected chi connectivity index (χ2v) is 6.39. The van der Waals surface area contributed by atoms with E-state index in [4.69, 9.17) is 0 Å². The molecule has 0 saturated heterocycles. The summed E-state index contributed by atoms with van der Waals surface area (Å²) in [6.07, 6.45) is 1.17. The van der Waals surface area contributed by atoms with E-state index in [-0.39, 0.29) is 11.8 Å². The van der Waals surface area contributed by atoms with Crippen LogP contribution in [0.1, 0.15) is 22.5 Å². The number of amides is 2. The van der Waals surface area contributed by atoms with Crippen LogP contribution in [0.3, 0.4) is 0 Å². The molecule has 1 aromatic heterocycles. The van der Waals surface area contributed by atoms with E-state index in [1.165, 1.54) is 17.0 Å². The minimum Gasteiger partial charge on any atom is -0.375 e. The predicted octanol–water partition coefficient (Wildman–Crippen LogP) is 2.51. The van der Waals surface area contributed by atoms with E-state index >= 15 is 0 Å². The van der Waals surface area contributed by atoms with Gasteiger partial charge in [0.1, 0.15) is 0 Å². The van der Waals surface area contributed by atoms with Crippen molar-refractivity contribution in [1.82, 2.24) is 10.6 Å². The number of nitrogens with zero attached hydrogens (tertiary/aromatic N) is 1. The highest BCUT2D eigenvalue weighted by Crippen LogP contribution is 2.10. The van der Waals surface area contributed by atoms with Crippen LogP contribution >= 0.6 is 11.3 Å². The Morgan fingerprint density at radius 2 is 1.83 bits per heavy atom. The van der Waals surface area contributed by atoms with Crippen LogP contribution in [0.15, 0.2) is 47.8 Å². The third kappa shape index (κ3) is 6.04. The number of hydrogen-bond acceptors (Lipinski definition) is 4. The van der Waals surface area contributed by atoms with Crippen LogP contribution < -0.4 is 15.5 Å². The molecule has 0 fully saturated rings. The first kappa shape index (κ1) is 18.0. The molecule has 2 N–H and O–H groups in total. The van der Waals surface area contributed by atoms with Crippen molar-refractivity contribution in [2.24, 2.45) is 0 Å². The standard InChI is InChI=1S/C18H23N3O2S/c1-21(15-7-3-2-4-8-15)13-6-11-19-17(22)10-12-20-18(23)16-9-5-14-24-16/h2-5,7-9,14H,6,10-13H2,1H3,(H,19,22)(H,20,23). The Morgan fingerprint density at radius 3 is 2.54 bits per heavy atom. The smallest absolute Gasteiger partial charge is 0.261 e. The van der Waals surface area contributed by atoms with Crippen molar-refractivity contribution in [2.75, 3.05) is 31.6 Å². The number of rotatable bonds is 9. The second-order valence-electron chi connectivity index (χ2n) is 5.44. The molecule has 0 aliphatic carbocycles. The maximum atomic E-state index is 11.8. The number of nitrogens with one attached hydrogen (secondary N) is 2. The Hall–Kier alpha value is -2.34. The van der Waals surface area contributed by atoms with Crippen LogP contribution in [-0.2, 0) is 4.79 Å². The first-order chi connectivity index (χ1) is 11.7. The molecular weight excluding hydrogens is 322 g/mol. The van der Waals surface area contributed by atoms with Crippen molar-refractivity contribution in [2.45, 2.75) is 12.8 Å². The van der Waals surface area contributed by atoms with Gasteiger partial charge in [0.2, 0.25) is 5.91 Å². The molecule has 0 aliphatic heterocycles. The summed E-state index contributed by atoms with van der Waals surface area (Å²) in [5, 5.41) is 7.49. The average molecular weight is 345 g/mol. The molecule has 0 radical (unpaired) electrons. The summed E-state index contributed by atoms with van der Waals surface area (Å²) in [4.78, 5) is 26.3. The van der Waals surface area contributed by atoms with E-state index < -0.39 is 0 Å². The molecule has 0 atom stereocenters. The van der Waals surface area contributed by atoms with Gasteiger partial charge in [0.15, 0.2) is 0 Å². The summed E-state index contributed by atoms with van der Waals surface area (Å²) in [5.41, 5.74) is 1.17. The fourth-order valence-corrected chi connectivity index (χ4v) is 2.87. The Morgan fingerprint density at radius 1 is 1.04 bits per heavy atom. The molecular formula is C18H23N3O2S. The topological polar surface area (TPSA) is 61.4 Å². The zero-order valence-electron chi connectivity index (χ0n) is 13.8. The van der Waals surface area contributed by atoms with E-state index in [1.54, 1.807) is 6.07 Å². The van der Waals surface area contributed by atoms with Gasteiger partial charge in [0.05, 0.1) is 4.88 Å². The molecule has 128 valence electrons. The molecule has 0 aliphatic rings. The number of para-hydroxylation sites is 1. The molecule has 0 saturated carbocycles. The van der Waals surface area contributed by atoms with E-state index in [0.29, 0.717) is 24.4 Å². The molecule has 2 aromatic rings. The first-order valence-electron chi connectivity index (χ1n) is 8.01. The normalized spacial score (nSPS) is 10.2. The predicted molar refractivity (Wildman–Crippen MR) is 98.6 cm³/mol. The number of carbonyl (C=O) groups excluding carboxylic acids is 2. The quantitative estimate of drug-likeness (QED) is 0.687. The third-order valence-corrected chi connectivity index (χ3v) is 4.44. The largest absolute Gasteiger partial charge is 0.375 e. The lowest BCUT2D eigenvalue weighted by molar-refractivity contribution is -0.120. The number of carbonyl (C=O) groups is 2. The molecule has 0 unspecified atom stereocenters. The Bertz CT molecular complexity index is 629. The minimum absolute atomic E-state index is 0.0381. The molecule has 1 aromatic carbocycles. The van der Waals surface area contributed by atoms with Gasteiger partial charge >= 0.3 is 0 Å². The van der Waals surface area contributed by atoms with Crippen LogP contribution in [-0.4, -0.2) is 38.5 Å². The summed E-state index contributed by atoms with van der Waals surface area (Å²) in [6, 6.07) is 13.7. The number of anilines is 1. The summed E-state index contributed by atoms with van der Waals surface area (Å²) >= 11 is 1.39. The highest BCUT2D eigenvalue weighted by Gasteiger charge is 2.07. The molecule has 2 rings (SSSR count). The molecule has 6 heteroatoms. The van der Waals surface area contributed by atoms with Crippen molar-refractivity contribution in [1.29, 1.82) is 0 Å². The van der Waals surface area contributed by atoms with Crippen molar-refractivity contribution in [3.63, 3.8) is 0 Å². The van der Waals surface area contributed by atoms with Gasteiger partial charge in [-0.05, 0) is 30.0 Å². The van der Waals surface area contributed by atoms with Crippen LogP contribution in [0.5, 0.6) is 0 Å². The van der Waals surface area contributed by atoms with Crippen molar-refractivity contribution in [3.8, 4) is 0 Å². The molecule has 0 bridgehead atoms. The maximum Gasteiger partial charge on any atom is 0.261 e. The zero-order chi connectivity index (χ0) is 17.2. The zero-order valence-corrected chi connectivity index (χ0v) is 14.6. The van der Waals surface area contributed by atoms with Gasteiger partial charge in [-0.15, -0.1) is 11.3 Å². The van der Waals surface area contributed by atoms with E-state index in [0.717, 1.165) is 13.0 Å². The molecule has 2 amide bonds. The lowest BCUT2D eigenvalue weighted by Crippen LogP contribution is -2.32. The van der Waals surface area contributed by atoms with Crippen LogP contribution in [0.4, 0.5) is 5.69 Å². The highest BCUT2D eigenvalue weighted by atomic mass is 32.1. The molecule has 24 heavy (non-hydrogen) atoms. The maximum absolute atomic E-state index is 11.8. The fraction of sp³-hybridized carbons (Fsp3) is 0.333. The molecule has 5 nitrogen and oxygen atoms in total. The van der Waals surface area contributed by atoms with Crippen molar-refractivity contribution >= 4 is 28.8 Å². The average Bonchev–Trinajstić information content (AvgIpc) is 3.14. The Labute approximate surface area is 146 Å².